The van der Waals surface area contributed by atoms with Crippen LogP contribution in [-0.4, -0.2) is 55.8 Å². The van der Waals surface area contributed by atoms with Gasteiger partial charge in [-0.1, -0.05) is 62.2 Å². The third-order valence-corrected chi connectivity index (χ3v) is 9.18. The Balaban J connectivity index is 1.82. The number of halogens is 5. The summed E-state index contributed by atoms with van der Waals surface area (Å²) in [6, 6.07) is 9.27. The van der Waals surface area contributed by atoms with E-state index in [1.165, 1.54) is 30.2 Å². The van der Waals surface area contributed by atoms with Crippen molar-refractivity contribution in [3.8, 4) is 5.75 Å². The Morgan fingerprint density at radius 2 is 1.84 bits per heavy atom. The number of hydrogen-bond acceptors (Lipinski definition) is 5. The molecule has 45 heavy (non-hydrogen) atoms. The second-order valence-corrected chi connectivity index (χ2v) is 13.4. The number of benzene rings is 3. The number of rotatable bonds is 7. The second-order valence-electron chi connectivity index (χ2n) is 12.6. The topological polar surface area (TPSA) is 88.2 Å². The highest BCUT2D eigenvalue weighted by Crippen LogP contribution is 2.58. The lowest BCUT2D eigenvalue weighted by Crippen LogP contribution is -2.50. The minimum Gasteiger partial charge on any atom is -0.495 e. The Morgan fingerprint density at radius 1 is 1.13 bits per heavy atom. The fraction of sp³-hybridized carbons (Fsp3) is 0.364. The van der Waals surface area contributed by atoms with Crippen LogP contribution in [0.2, 0.25) is 10.0 Å². The number of nitrogens with two attached hydrogens (primary N) is 1. The van der Waals surface area contributed by atoms with Gasteiger partial charge in [0.2, 0.25) is 5.91 Å². The molecule has 2 aliphatic rings. The SMILES string of the molecule is CN=CC1(c2ccc(Cl)cc2F)C(c2cccc(Cl)c2F)C2C(=O)N(c3cc(F)c(C(N)=O)cc3OC)CN2C1CC(C)(C)C. The van der Waals surface area contributed by atoms with Gasteiger partial charge < -0.3 is 10.5 Å². The number of methoxy groups -OCH3 is 1. The van der Waals surface area contributed by atoms with E-state index >= 15 is 13.2 Å². The Hall–Kier alpha value is -3.60. The number of amides is 2. The summed E-state index contributed by atoms with van der Waals surface area (Å²) in [6.07, 6.45) is 2.02. The van der Waals surface area contributed by atoms with Crippen molar-refractivity contribution in [2.75, 3.05) is 25.7 Å². The highest BCUT2D eigenvalue weighted by Gasteiger charge is 2.66. The van der Waals surface area contributed by atoms with Crippen molar-refractivity contribution in [2.24, 2.45) is 16.1 Å². The van der Waals surface area contributed by atoms with Crippen LogP contribution in [0, 0.1) is 22.9 Å². The zero-order valence-electron chi connectivity index (χ0n) is 25.4. The summed E-state index contributed by atoms with van der Waals surface area (Å²) >= 11 is 12.5. The molecule has 12 heteroatoms. The van der Waals surface area contributed by atoms with Gasteiger partial charge >= 0.3 is 0 Å². The van der Waals surface area contributed by atoms with Crippen LogP contribution in [0.15, 0.2) is 53.5 Å². The minimum atomic E-state index is -1.38. The number of nitrogens with zero attached hydrogens (tertiary/aromatic N) is 3. The van der Waals surface area contributed by atoms with Crippen LogP contribution in [0.5, 0.6) is 5.75 Å². The number of hydrogen-bond donors (Lipinski definition) is 1. The van der Waals surface area contributed by atoms with Crippen LogP contribution in [0.4, 0.5) is 18.9 Å². The molecule has 2 aliphatic heterocycles. The number of carbonyl (C=O) groups excluding carboxylic acids is 2. The molecular weight excluding hydrogens is 628 g/mol. The molecule has 0 bridgehead atoms. The summed E-state index contributed by atoms with van der Waals surface area (Å²) in [5.41, 5.74) is 3.56. The van der Waals surface area contributed by atoms with Crippen molar-refractivity contribution in [2.45, 2.75) is 50.6 Å². The lowest BCUT2D eigenvalue weighted by Gasteiger charge is -2.42. The Labute approximate surface area is 269 Å². The van der Waals surface area contributed by atoms with Crippen LogP contribution in [0.25, 0.3) is 0 Å². The van der Waals surface area contributed by atoms with E-state index in [0.29, 0.717) is 6.42 Å². The van der Waals surface area contributed by atoms with Gasteiger partial charge in [-0.15, -0.1) is 0 Å². The zero-order valence-corrected chi connectivity index (χ0v) is 26.9. The molecule has 4 atom stereocenters. The Bertz CT molecular complexity index is 1710. The molecule has 2 heterocycles. The van der Waals surface area contributed by atoms with Crippen molar-refractivity contribution in [3.63, 3.8) is 0 Å². The molecule has 0 saturated carbocycles. The molecule has 4 unspecified atom stereocenters. The lowest BCUT2D eigenvalue weighted by atomic mass is 9.62. The van der Waals surface area contributed by atoms with Gasteiger partial charge in [0, 0.05) is 41.9 Å². The highest BCUT2D eigenvalue weighted by atomic mass is 35.5. The molecule has 7 nitrogen and oxygen atoms in total. The standard InChI is InChI=1S/C33H33Cl2F3N4O3/c1-32(2,3)14-26-33(15-40-4,20-10-9-17(34)11-23(20)37)27(18-7-6-8-21(35)28(18)38)29-31(44)41(16-42(26)29)24-13-22(36)19(30(39)43)12-25(24)45-5/h6-13,15,26-27,29H,14,16H2,1-5H3,(H2,39,43). The van der Waals surface area contributed by atoms with E-state index in [4.69, 9.17) is 33.7 Å². The predicted octanol–water partition coefficient (Wildman–Crippen LogP) is 6.73. The number of aliphatic imine (C=N–C) groups is 1. The van der Waals surface area contributed by atoms with Crippen LogP contribution >= 0.6 is 23.2 Å². The van der Waals surface area contributed by atoms with E-state index in [9.17, 15) is 9.59 Å². The van der Waals surface area contributed by atoms with E-state index < -0.39 is 58.2 Å². The van der Waals surface area contributed by atoms with E-state index in [0.717, 1.165) is 12.1 Å². The third kappa shape index (κ3) is 5.47. The first-order chi connectivity index (χ1) is 21.2. The summed E-state index contributed by atoms with van der Waals surface area (Å²) in [5.74, 6) is -4.82. The predicted molar refractivity (Wildman–Crippen MR) is 169 cm³/mol. The molecule has 0 aliphatic carbocycles. The molecule has 3 aromatic rings. The number of primary amides is 1. The molecule has 0 aromatic heterocycles. The fourth-order valence-corrected chi connectivity index (χ4v) is 7.32. The molecule has 0 radical (unpaired) electrons. The van der Waals surface area contributed by atoms with Crippen molar-refractivity contribution < 1.29 is 27.5 Å². The third-order valence-electron chi connectivity index (χ3n) is 8.65. The molecule has 2 fully saturated rings. The zero-order chi connectivity index (χ0) is 33.0. The largest absolute Gasteiger partial charge is 0.495 e. The van der Waals surface area contributed by atoms with Gasteiger partial charge in [0.05, 0.1) is 41.5 Å². The molecule has 3 aromatic carbocycles. The number of anilines is 1. The molecule has 238 valence electrons. The number of fused-ring (bicyclic) bond motifs is 1. The van der Waals surface area contributed by atoms with Gasteiger partial charge in [0.1, 0.15) is 23.2 Å². The monoisotopic (exact) mass is 660 g/mol. The summed E-state index contributed by atoms with van der Waals surface area (Å²) in [5, 5.41) is 0.0114. The fourth-order valence-electron chi connectivity index (χ4n) is 6.98. The maximum Gasteiger partial charge on any atom is 0.251 e. The first kappa shape index (κ1) is 32.8. The van der Waals surface area contributed by atoms with Crippen molar-refractivity contribution >= 4 is 46.9 Å². The molecule has 2 saturated heterocycles. The van der Waals surface area contributed by atoms with Crippen molar-refractivity contribution in [1.82, 2.24) is 4.90 Å². The number of carbonyl (C=O) groups is 2. The van der Waals surface area contributed by atoms with Crippen LogP contribution in [-0.2, 0) is 10.2 Å². The minimum absolute atomic E-state index is 0.0442. The average Bonchev–Trinajstić information content (AvgIpc) is 3.41. The van der Waals surface area contributed by atoms with Crippen LogP contribution in [0.1, 0.15) is 54.6 Å². The smallest absolute Gasteiger partial charge is 0.251 e. The van der Waals surface area contributed by atoms with Gasteiger partial charge in [0.25, 0.3) is 5.91 Å². The van der Waals surface area contributed by atoms with E-state index in [1.54, 1.807) is 31.5 Å². The van der Waals surface area contributed by atoms with Gasteiger partial charge in [-0.25, -0.2) is 13.2 Å². The molecule has 2 N–H and O–H groups in total. The van der Waals surface area contributed by atoms with E-state index in [-0.39, 0.29) is 44.7 Å². The van der Waals surface area contributed by atoms with Crippen LogP contribution in [0.3, 0.4) is 0 Å². The van der Waals surface area contributed by atoms with Gasteiger partial charge in [-0.05, 0) is 41.7 Å². The summed E-state index contributed by atoms with van der Waals surface area (Å²) < 4.78 is 52.8. The van der Waals surface area contributed by atoms with Gasteiger partial charge in [-0.3, -0.25) is 24.4 Å². The van der Waals surface area contributed by atoms with E-state index in [2.05, 4.69) is 4.99 Å². The van der Waals surface area contributed by atoms with E-state index in [1.807, 2.05) is 25.7 Å². The maximum absolute atomic E-state index is 16.1. The van der Waals surface area contributed by atoms with Crippen molar-refractivity contribution in [1.29, 1.82) is 0 Å². The summed E-state index contributed by atoms with van der Waals surface area (Å²) in [6.45, 7) is 5.96. The first-order valence-corrected chi connectivity index (χ1v) is 15.0. The quantitative estimate of drug-likeness (QED) is 0.285. The van der Waals surface area contributed by atoms with Gasteiger partial charge in [-0.2, -0.15) is 0 Å². The summed E-state index contributed by atoms with van der Waals surface area (Å²) in [7, 11) is 2.86. The molecular formula is C33H33Cl2F3N4O3. The van der Waals surface area contributed by atoms with Crippen LogP contribution < -0.4 is 15.4 Å². The molecule has 0 spiro atoms. The second kappa shape index (κ2) is 12.0. The first-order valence-electron chi connectivity index (χ1n) is 14.2. The maximum atomic E-state index is 16.1. The Kier molecular flexibility index (Phi) is 8.72. The molecule has 2 amide bonds. The normalized spacial score (nSPS) is 23.6. The highest BCUT2D eigenvalue weighted by molar-refractivity contribution is 6.31. The van der Waals surface area contributed by atoms with Gasteiger partial charge in [0.15, 0.2) is 0 Å². The van der Waals surface area contributed by atoms with Crippen molar-refractivity contribution in [3.05, 3.63) is 92.7 Å². The Morgan fingerprint density at radius 3 is 2.44 bits per heavy atom. The molecule has 5 rings (SSSR count). The average molecular weight is 662 g/mol. The lowest BCUT2D eigenvalue weighted by molar-refractivity contribution is -0.119. The summed E-state index contributed by atoms with van der Waals surface area (Å²) in [4.78, 5) is 34.1. The number of ether oxygens (including phenoxy) is 1.